The summed E-state index contributed by atoms with van der Waals surface area (Å²) in [6, 6.07) is 12.4. The fourth-order valence-electron chi connectivity index (χ4n) is 4.96. The van der Waals surface area contributed by atoms with E-state index < -0.39 is 12.1 Å². The highest BCUT2D eigenvalue weighted by Crippen LogP contribution is 2.33. The van der Waals surface area contributed by atoms with Crippen molar-refractivity contribution in [3.8, 4) is 0 Å². The van der Waals surface area contributed by atoms with Gasteiger partial charge >= 0.3 is 6.03 Å². The van der Waals surface area contributed by atoms with Crippen molar-refractivity contribution in [1.29, 1.82) is 0 Å². The van der Waals surface area contributed by atoms with Gasteiger partial charge in [0.15, 0.2) is 0 Å². The van der Waals surface area contributed by atoms with Gasteiger partial charge in [-0.05, 0) is 61.9 Å². The van der Waals surface area contributed by atoms with Gasteiger partial charge in [0.1, 0.15) is 6.04 Å². The standard InChI is InChI=1S/C27H34N4O4/c1-18-16-19(25(33)30-14-7-11-24(32)21-8-4-5-9-22(21)30)12-13-20(18)17-28-27(35)31-15-6-10-23(31)26(34)29(2)3/h4-5,8-9,12-13,16,23-24,32H,6-7,10-11,14-15,17H2,1-3H3,(H,28,35)/t23-,24?/m0/s1. The smallest absolute Gasteiger partial charge is 0.318 e. The first-order valence-electron chi connectivity index (χ1n) is 12.2. The Labute approximate surface area is 206 Å². The van der Waals surface area contributed by atoms with E-state index in [4.69, 9.17) is 0 Å². The topological polar surface area (TPSA) is 93.2 Å². The number of anilines is 1. The predicted octanol–water partition coefficient (Wildman–Crippen LogP) is 3.23. The van der Waals surface area contributed by atoms with Crippen molar-refractivity contribution in [2.45, 2.75) is 51.3 Å². The minimum absolute atomic E-state index is 0.0562. The van der Waals surface area contributed by atoms with Gasteiger partial charge in [0.2, 0.25) is 5.91 Å². The number of carbonyl (C=O) groups is 3. The molecule has 2 aromatic rings. The van der Waals surface area contributed by atoms with E-state index in [2.05, 4.69) is 5.32 Å². The van der Waals surface area contributed by atoms with Crippen LogP contribution < -0.4 is 10.2 Å². The summed E-state index contributed by atoms with van der Waals surface area (Å²) in [5.74, 6) is -0.161. The zero-order chi connectivity index (χ0) is 25.1. The van der Waals surface area contributed by atoms with Gasteiger partial charge in [-0.15, -0.1) is 0 Å². The molecule has 2 heterocycles. The van der Waals surface area contributed by atoms with Gasteiger partial charge in [-0.1, -0.05) is 24.3 Å². The second-order valence-corrected chi connectivity index (χ2v) is 9.56. The summed E-state index contributed by atoms with van der Waals surface area (Å²) >= 11 is 0. The first-order valence-corrected chi connectivity index (χ1v) is 12.2. The van der Waals surface area contributed by atoms with Crippen LogP contribution in [0.2, 0.25) is 0 Å². The second kappa shape index (κ2) is 10.5. The molecule has 35 heavy (non-hydrogen) atoms. The van der Waals surface area contributed by atoms with Crippen molar-refractivity contribution >= 4 is 23.5 Å². The Bertz CT molecular complexity index is 1120. The van der Waals surface area contributed by atoms with Crippen molar-refractivity contribution in [3.05, 3.63) is 64.7 Å². The second-order valence-electron chi connectivity index (χ2n) is 9.56. The fraction of sp³-hybridized carbons (Fsp3) is 0.444. The molecule has 8 nitrogen and oxygen atoms in total. The summed E-state index contributed by atoms with van der Waals surface area (Å²) in [5, 5.41) is 13.4. The number of urea groups is 1. The number of amides is 4. The third-order valence-electron chi connectivity index (χ3n) is 6.95. The van der Waals surface area contributed by atoms with Crippen LogP contribution in [-0.2, 0) is 11.3 Å². The van der Waals surface area contributed by atoms with E-state index in [9.17, 15) is 19.5 Å². The third-order valence-corrected chi connectivity index (χ3v) is 6.95. The molecule has 8 heteroatoms. The zero-order valence-corrected chi connectivity index (χ0v) is 20.7. The minimum atomic E-state index is -0.569. The Hall–Kier alpha value is -3.39. The Morgan fingerprint density at radius 3 is 2.54 bits per heavy atom. The molecule has 2 aliphatic rings. The van der Waals surface area contributed by atoms with Gasteiger partial charge in [-0.3, -0.25) is 9.59 Å². The van der Waals surface area contributed by atoms with Crippen molar-refractivity contribution in [3.63, 3.8) is 0 Å². The van der Waals surface area contributed by atoms with Crippen molar-refractivity contribution in [1.82, 2.24) is 15.1 Å². The summed E-state index contributed by atoms with van der Waals surface area (Å²) in [5.41, 5.74) is 3.92. The van der Waals surface area contributed by atoms with Crippen LogP contribution in [-0.4, -0.2) is 66.0 Å². The number of aliphatic hydroxyl groups excluding tert-OH is 1. The molecule has 186 valence electrons. The summed E-state index contributed by atoms with van der Waals surface area (Å²) in [6.45, 7) is 3.35. The van der Waals surface area contributed by atoms with Crippen LogP contribution in [0.25, 0.3) is 0 Å². The number of carbonyl (C=O) groups excluding carboxylic acids is 3. The predicted molar refractivity (Wildman–Crippen MR) is 134 cm³/mol. The van der Waals surface area contributed by atoms with Crippen molar-refractivity contribution in [2.24, 2.45) is 0 Å². The summed E-state index contributed by atoms with van der Waals surface area (Å²) in [6.07, 6.45) is 2.26. The lowest BCUT2D eigenvalue weighted by Crippen LogP contribution is -2.49. The van der Waals surface area contributed by atoms with Gasteiger partial charge in [0, 0.05) is 50.5 Å². The number of fused-ring (bicyclic) bond motifs is 1. The first-order chi connectivity index (χ1) is 16.8. The highest BCUT2D eigenvalue weighted by atomic mass is 16.3. The number of hydrogen-bond acceptors (Lipinski definition) is 4. The average molecular weight is 479 g/mol. The Morgan fingerprint density at radius 1 is 1.06 bits per heavy atom. The third kappa shape index (κ3) is 5.17. The summed E-state index contributed by atoms with van der Waals surface area (Å²) < 4.78 is 0. The molecular weight excluding hydrogens is 444 g/mol. The number of nitrogens with one attached hydrogen (secondary N) is 1. The number of benzene rings is 2. The molecule has 2 atom stereocenters. The lowest BCUT2D eigenvalue weighted by Gasteiger charge is -2.26. The average Bonchev–Trinajstić information content (AvgIpc) is 3.28. The molecular formula is C27H34N4O4. The summed E-state index contributed by atoms with van der Waals surface area (Å²) in [7, 11) is 3.41. The van der Waals surface area contributed by atoms with E-state index >= 15 is 0 Å². The number of aliphatic hydroxyl groups is 1. The molecule has 0 bridgehead atoms. The molecule has 0 aromatic heterocycles. The van der Waals surface area contributed by atoms with E-state index in [1.165, 1.54) is 4.90 Å². The van der Waals surface area contributed by atoms with Crippen molar-refractivity contribution in [2.75, 3.05) is 32.1 Å². The quantitative estimate of drug-likeness (QED) is 0.706. The minimum Gasteiger partial charge on any atom is -0.388 e. The lowest BCUT2D eigenvalue weighted by atomic mass is 10.0. The zero-order valence-electron chi connectivity index (χ0n) is 20.7. The SMILES string of the molecule is Cc1cc(C(=O)N2CCCC(O)c3ccccc32)ccc1CNC(=O)N1CCC[C@H]1C(=O)N(C)C. The van der Waals surface area contributed by atoms with Crippen LogP contribution in [0.3, 0.4) is 0 Å². The van der Waals surface area contributed by atoms with E-state index in [1.54, 1.807) is 30.0 Å². The van der Waals surface area contributed by atoms with E-state index in [0.717, 1.165) is 35.2 Å². The number of hydrogen-bond donors (Lipinski definition) is 2. The molecule has 2 N–H and O–H groups in total. The molecule has 1 fully saturated rings. The molecule has 4 rings (SSSR count). The van der Waals surface area contributed by atoms with Gasteiger partial charge in [-0.2, -0.15) is 0 Å². The van der Waals surface area contributed by atoms with Crippen LogP contribution in [0.5, 0.6) is 0 Å². The Balaban J connectivity index is 1.45. The van der Waals surface area contributed by atoms with Gasteiger partial charge in [-0.25, -0.2) is 4.79 Å². The maximum atomic E-state index is 13.4. The highest BCUT2D eigenvalue weighted by molar-refractivity contribution is 6.06. The Kier molecular flexibility index (Phi) is 7.40. The Morgan fingerprint density at radius 2 is 1.80 bits per heavy atom. The van der Waals surface area contributed by atoms with Crippen LogP contribution >= 0.6 is 0 Å². The normalized spacial score (nSPS) is 19.7. The number of likely N-dealkylation sites (N-methyl/N-ethyl adjacent to an activating group) is 1. The van der Waals surface area contributed by atoms with Crippen LogP contribution in [0.4, 0.5) is 10.5 Å². The van der Waals surface area contributed by atoms with Gasteiger partial charge < -0.3 is 25.1 Å². The van der Waals surface area contributed by atoms with E-state index in [0.29, 0.717) is 38.0 Å². The van der Waals surface area contributed by atoms with Crippen LogP contribution in [0.1, 0.15) is 58.8 Å². The van der Waals surface area contributed by atoms with Crippen LogP contribution in [0, 0.1) is 6.92 Å². The fourth-order valence-corrected chi connectivity index (χ4v) is 4.96. The maximum Gasteiger partial charge on any atom is 0.318 e. The molecule has 2 aromatic carbocycles. The lowest BCUT2D eigenvalue weighted by molar-refractivity contribution is -0.132. The van der Waals surface area contributed by atoms with Crippen molar-refractivity contribution < 1.29 is 19.5 Å². The molecule has 1 unspecified atom stereocenters. The molecule has 0 saturated carbocycles. The largest absolute Gasteiger partial charge is 0.388 e. The van der Waals surface area contributed by atoms with Gasteiger partial charge in [0.05, 0.1) is 6.10 Å². The molecule has 0 aliphatic carbocycles. The number of para-hydroxylation sites is 1. The molecule has 0 spiro atoms. The molecule has 0 radical (unpaired) electrons. The molecule has 1 saturated heterocycles. The summed E-state index contributed by atoms with van der Waals surface area (Å²) in [4.78, 5) is 43.5. The van der Waals surface area contributed by atoms with Gasteiger partial charge in [0.25, 0.3) is 5.91 Å². The maximum absolute atomic E-state index is 13.4. The monoisotopic (exact) mass is 478 g/mol. The van der Waals surface area contributed by atoms with E-state index in [-0.39, 0.29) is 17.8 Å². The number of nitrogens with zero attached hydrogens (tertiary/aromatic N) is 3. The highest BCUT2D eigenvalue weighted by Gasteiger charge is 2.35. The molecule has 4 amide bonds. The van der Waals surface area contributed by atoms with E-state index in [1.807, 2.05) is 43.3 Å². The molecule has 2 aliphatic heterocycles. The number of likely N-dealkylation sites (tertiary alicyclic amines) is 1. The first kappa shape index (κ1) is 24.7. The number of rotatable bonds is 4. The number of aryl methyl sites for hydroxylation is 1. The van der Waals surface area contributed by atoms with Crippen LogP contribution in [0.15, 0.2) is 42.5 Å².